The standard InChI is InChI=1S/C31H45N3O4.CH2O2/c1-5-38-27-19-25(18-26(20-27)34-16-10-15-30(34)36)31(37)33-28(17-24-13-7-6-8-14-24)29(35)21-32-23(4)12-9-11-22(2)3;2-1-3/h6-8,13-14,18-20,22-23,28-29,32,35H,5,9-12,15-17,21H2,1-4H3,(H,33,37);1H,(H,2,3). The first-order valence-electron chi connectivity index (χ1n) is 14.6. The molecule has 2 amide bonds. The van der Waals surface area contributed by atoms with Crippen LogP contribution in [-0.4, -0.2) is 66.4 Å². The molecule has 3 unspecified atom stereocenters. The molecule has 2 aromatic carbocycles. The Morgan fingerprint density at radius 1 is 1.12 bits per heavy atom. The van der Waals surface area contributed by atoms with Crippen molar-refractivity contribution in [1.29, 1.82) is 0 Å². The molecular formula is C32H47N3O6. The minimum atomic E-state index is -0.776. The van der Waals surface area contributed by atoms with Gasteiger partial charge in [-0.2, -0.15) is 0 Å². The molecule has 0 aliphatic carbocycles. The Hall–Kier alpha value is -3.43. The fourth-order valence-electron chi connectivity index (χ4n) is 4.84. The number of hydrogen-bond donors (Lipinski definition) is 4. The van der Waals surface area contributed by atoms with E-state index >= 15 is 0 Å². The third kappa shape index (κ3) is 11.9. The minimum absolute atomic E-state index is 0.0518. The molecule has 1 aliphatic rings. The zero-order valence-corrected chi connectivity index (χ0v) is 24.8. The second-order valence-corrected chi connectivity index (χ2v) is 10.9. The summed E-state index contributed by atoms with van der Waals surface area (Å²) in [5.74, 6) is 0.982. The molecule has 0 bridgehead atoms. The zero-order chi connectivity index (χ0) is 30.2. The fourth-order valence-corrected chi connectivity index (χ4v) is 4.84. The van der Waals surface area contributed by atoms with Crippen LogP contribution in [0.3, 0.4) is 0 Å². The molecule has 0 saturated carbocycles. The van der Waals surface area contributed by atoms with Crippen molar-refractivity contribution in [3.05, 3.63) is 59.7 Å². The van der Waals surface area contributed by atoms with E-state index in [4.69, 9.17) is 14.6 Å². The quantitative estimate of drug-likeness (QED) is 0.234. The Bertz CT molecular complexity index is 1080. The van der Waals surface area contributed by atoms with Crippen LogP contribution in [0.1, 0.15) is 75.7 Å². The van der Waals surface area contributed by atoms with Gasteiger partial charge < -0.3 is 30.5 Å². The Balaban J connectivity index is 0.00000187. The highest BCUT2D eigenvalue weighted by molar-refractivity contribution is 5.99. The number of benzene rings is 2. The van der Waals surface area contributed by atoms with Gasteiger partial charge in [0.15, 0.2) is 0 Å². The maximum absolute atomic E-state index is 13.5. The molecule has 2 aromatic rings. The molecule has 41 heavy (non-hydrogen) atoms. The fraction of sp³-hybridized carbons (Fsp3) is 0.531. The normalized spacial score (nSPS) is 15.1. The van der Waals surface area contributed by atoms with Crippen LogP contribution in [0.15, 0.2) is 48.5 Å². The first kappa shape index (κ1) is 33.8. The molecule has 4 N–H and O–H groups in total. The third-order valence-corrected chi connectivity index (χ3v) is 7.02. The van der Waals surface area contributed by atoms with Crippen molar-refractivity contribution in [2.75, 3.05) is 24.6 Å². The Kier molecular flexibility index (Phi) is 14.9. The van der Waals surface area contributed by atoms with Gasteiger partial charge in [0, 0.05) is 42.9 Å². The number of anilines is 1. The number of carboxylic acid groups (broad SMARTS) is 1. The van der Waals surface area contributed by atoms with E-state index in [9.17, 15) is 14.7 Å². The number of ether oxygens (including phenoxy) is 1. The van der Waals surface area contributed by atoms with Gasteiger partial charge in [0.1, 0.15) is 5.75 Å². The molecule has 1 fully saturated rings. The molecule has 1 saturated heterocycles. The molecule has 1 heterocycles. The summed E-state index contributed by atoms with van der Waals surface area (Å²) in [5, 5.41) is 24.6. The van der Waals surface area contributed by atoms with E-state index in [0.717, 1.165) is 24.8 Å². The van der Waals surface area contributed by atoms with E-state index in [0.29, 0.717) is 55.5 Å². The predicted molar refractivity (Wildman–Crippen MR) is 161 cm³/mol. The first-order chi connectivity index (χ1) is 19.7. The van der Waals surface area contributed by atoms with Crippen molar-refractivity contribution in [2.24, 2.45) is 5.92 Å². The second-order valence-electron chi connectivity index (χ2n) is 10.9. The number of rotatable bonds is 15. The van der Waals surface area contributed by atoms with Gasteiger partial charge in [0.2, 0.25) is 5.91 Å². The highest BCUT2D eigenvalue weighted by Gasteiger charge is 2.26. The molecule has 3 atom stereocenters. The highest BCUT2D eigenvalue weighted by atomic mass is 16.5. The van der Waals surface area contributed by atoms with Crippen molar-refractivity contribution in [3.63, 3.8) is 0 Å². The molecular weight excluding hydrogens is 522 g/mol. The lowest BCUT2D eigenvalue weighted by atomic mass is 9.99. The Labute approximate surface area is 244 Å². The van der Waals surface area contributed by atoms with E-state index in [1.165, 1.54) is 6.42 Å². The molecule has 0 spiro atoms. The maximum Gasteiger partial charge on any atom is 0.290 e. The van der Waals surface area contributed by atoms with E-state index in [1.807, 2.05) is 43.3 Å². The Morgan fingerprint density at radius 2 is 1.83 bits per heavy atom. The number of aliphatic hydroxyl groups excluding tert-OH is 1. The van der Waals surface area contributed by atoms with Crippen LogP contribution < -0.4 is 20.3 Å². The van der Waals surface area contributed by atoms with Crippen molar-refractivity contribution < 1.29 is 29.3 Å². The van der Waals surface area contributed by atoms with Crippen LogP contribution in [0.4, 0.5) is 5.69 Å². The first-order valence-corrected chi connectivity index (χ1v) is 14.6. The lowest BCUT2D eigenvalue weighted by Gasteiger charge is -2.27. The molecule has 226 valence electrons. The molecule has 9 nitrogen and oxygen atoms in total. The van der Waals surface area contributed by atoms with E-state index in [-0.39, 0.29) is 24.3 Å². The second kappa shape index (κ2) is 18.1. The number of nitrogens with one attached hydrogen (secondary N) is 2. The number of aliphatic hydroxyl groups is 1. The average Bonchev–Trinajstić information content (AvgIpc) is 3.38. The summed E-state index contributed by atoms with van der Waals surface area (Å²) in [6.07, 6.45) is 4.41. The van der Waals surface area contributed by atoms with Crippen LogP contribution in [0.5, 0.6) is 5.75 Å². The van der Waals surface area contributed by atoms with Gasteiger partial charge in [0.25, 0.3) is 12.4 Å². The predicted octanol–water partition coefficient (Wildman–Crippen LogP) is 4.42. The van der Waals surface area contributed by atoms with Crippen LogP contribution in [0.25, 0.3) is 0 Å². The van der Waals surface area contributed by atoms with Crippen LogP contribution >= 0.6 is 0 Å². The summed E-state index contributed by atoms with van der Waals surface area (Å²) < 4.78 is 5.71. The SMILES string of the molecule is CCOc1cc(C(=O)NC(Cc2ccccc2)C(O)CNC(C)CCCC(C)C)cc(N2CCCC2=O)c1.O=CO. The number of nitrogens with zero attached hydrogens (tertiary/aromatic N) is 1. The number of hydrogen-bond acceptors (Lipinski definition) is 6. The summed E-state index contributed by atoms with van der Waals surface area (Å²) in [5.41, 5.74) is 2.11. The van der Waals surface area contributed by atoms with E-state index in [1.54, 1.807) is 17.0 Å². The maximum atomic E-state index is 13.5. The van der Waals surface area contributed by atoms with Gasteiger partial charge in [-0.15, -0.1) is 0 Å². The van der Waals surface area contributed by atoms with Gasteiger partial charge in [-0.3, -0.25) is 14.4 Å². The van der Waals surface area contributed by atoms with E-state index in [2.05, 4.69) is 31.4 Å². The smallest absolute Gasteiger partial charge is 0.290 e. The molecule has 1 aliphatic heterocycles. The van der Waals surface area contributed by atoms with Crippen LogP contribution in [0.2, 0.25) is 0 Å². The number of carbonyl (C=O) groups is 3. The van der Waals surface area contributed by atoms with Crippen molar-refractivity contribution in [1.82, 2.24) is 10.6 Å². The number of amides is 2. The monoisotopic (exact) mass is 569 g/mol. The molecule has 0 aromatic heterocycles. The molecule has 9 heteroatoms. The summed E-state index contributed by atoms with van der Waals surface area (Å²) in [7, 11) is 0. The molecule has 3 rings (SSSR count). The zero-order valence-electron chi connectivity index (χ0n) is 24.8. The highest BCUT2D eigenvalue weighted by Crippen LogP contribution is 2.28. The van der Waals surface area contributed by atoms with E-state index < -0.39 is 12.1 Å². The van der Waals surface area contributed by atoms with Gasteiger partial charge in [0.05, 0.1) is 18.8 Å². The van der Waals surface area contributed by atoms with Gasteiger partial charge >= 0.3 is 0 Å². The van der Waals surface area contributed by atoms with Crippen molar-refractivity contribution in [3.8, 4) is 5.75 Å². The Morgan fingerprint density at radius 3 is 2.44 bits per heavy atom. The lowest BCUT2D eigenvalue weighted by molar-refractivity contribution is -0.123. The third-order valence-electron chi connectivity index (χ3n) is 7.02. The molecule has 0 radical (unpaired) electrons. The van der Waals surface area contributed by atoms with Gasteiger partial charge in [-0.25, -0.2) is 0 Å². The summed E-state index contributed by atoms with van der Waals surface area (Å²) >= 11 is 0. The van der Waals surface area contributed by atoms with Crippen molar-refractivity contribution in [2.45, 2.75) is 84.4 Å². The largest absolute Gasteiger partial charge is 0.494 e. The summed E-state index contributed by atoms with van der Waals surface area (Å²) in [6.45, 7) is 9.70. The number of carbonyl (C=O) groups excluding carboxylic acids is 2. The minimum Gasteiger partial charge on any atom is -0.494 e. The van der Waals surface area contributed by atoms with Crippen molar-refractivity contribution >= 4 is 24.0 Å². The topological polar surface area (TPSA) is 128 Å². The summed E-state index contributed by atoms with van der Waals surface area (Å²) in [4.78, 5) is 35.9. The van der Waals surface area contributed by atoms with Gasteiger partial charge in [-0.1, -0.05) is 57.0 Å². The van der Waals surface area contributed by atoms with Crippen LogP contribution in [0, 0.1) is 5.92 Å². The lowest BCUT2D eigenvalue weighted by Crippen LogP contribution is -2.49. The van der Waals surface area contributed by atoms with Gasteiger partial charge in [-0.05, 0) is 56.7 Å². The van der Waals surface area contributed by atoms with Crippen LogP contribution in [-0.2, 0) is 16.0 Å². The average molecular weight is 570 g/mol. The summed E-state index contributed by atoms with van der Waals surface area (Å²) in [6, 6.07) is 14.9.